The molecule has 4 unspecified atom stereocenters. The molecule has 1 aromatic rings. The summed E-state index contributed by atoms with van der Waals surface area (Å²) in [5.74, 6) is 1.14. The molecule has 0 heterocycles. The van der Waals surface area contributed by atoms with E-state index in [4.69, 9.17) is 5.73 Å². The van der Waals surface area contributed by atoms with Crippen molar-refractivity contribution in [3.63, 3.8) is 0 Å². The summed E-state index contributed by atoms with van der Waals surface area (Å²) in [6.45, 7) is 5.16. The van der Waals surface area contributed by atoms with Crippen molar-refractivity contribution in [3.8, 4) is 0 Å². The molecule has 106 valence electrons. The van der Waals surface area contributed by atoms with E-state index in [-0.39, 0.29) is 11.9 Å². The zero-order valence-electron chi connectivity index (χ0n) is 12.1. The van der Waals surface area contributed by atoms with Crippen LogP contribution in [0, 0.1) is 17.7 Å². The minimum atomic E-state index is -0.125. The molecule has 1 aromatic carbocycles. The Morgan fingerprint density at radius 1 is 1.26 bits per heavy atom. The molecule has 0 bridgehead atoms. The Morgan fingerprint density at radius 2 is 1.95 bits per heavy atom. The minimum Gasteiger partial charge on any atom is -0.326 e. The highest BCUT2D eigenvalue weighted by atomic mass is 19.1. The Hall–Kier alpha value is -0.930. The quantitative estimate of drug-likeness (QED) is 0.909. The number of halogens is 1. The summed E-state index contributed by atoms with van der Waals surface area (Å²) >= 11 is 0. The van der Waals surface area contributed by atoms with E-state index in [1.54, 1.807) is 6.07 Å². The predicted molar refractivity (Wildman–Crippen MR) is 77.2 cm³/mol. The van der Waals surface area contributed by atoms with Crippen LogP contribution in [0.1, 0.15) is 32.3 Å². The number of hydrogen-bond acceptors (Lipinski definition) is 2. The largest absolute Gasteiger partial charge is 0.326 e. The van der Waals surface area contributed by atoms with Gasteiger partial charge < -0.3 is 5.73 Å². The summed E-state index contributed by atoms with van der Waals surface area (Å²) in [7, 11) is 2.06. The molecule has 4 atom stereocenters. The molecule has 0 amide bonds. The first-order chi connectivity index (χ1) is 8.99. The van der Waals surface area contributed by atoms with Gasteiger partial charge in [0.1, 0.15) is 5.82 Å². The summed E-state index contributed by atoms with van der Waals surface area (Å²) in [6, 6.07) is 7.53. The smallest absolute Gasteiger partial charge is 0.127 e. The van der Waals surface area contributed by atoms with E-state index in [1.165, 1.54) is 12.5 Å². The summed E-state index contributed by atoms with van der Waals surface area (Å²) in [5.41, 5.74) is 7.07. The second-order valence-corrected chi connectivity index (χ2v) is 6.21. The molecule has 0 aromatic heterocycles. The van der Waals surface area contributed by atoms with Gasteiger partial charge >= 0.3 is 0 Å². The van der Waals surface area contributed by atoms with Crippen LogP contribution in [-0.2, 0) is 6.54 Å². The van der Waals surface area contributed by atoms with Gasteiger partial charge in [-0.2, -0.15) is 0 Å². The van der Waals surface area contributed by atoms with Crippen molar-refractivity contribution in [1.29, 1.82) is 0 Å². The van der Waals surface area contributed by atoms with Crippen molar-refractivity contribution in [2.75, 3.05) is 7.05 Å². The third kappa shape index (κ3) is 3.34. The van der Waals surface area contributed by atoms with Crippen LogP contribution in [0.15, 0.2) is 24.3 Å². The Morgan fingerprint density at radius 3 is 2.58 bits per heavy atom. The molecule has 3 heteroatoms. The van der Waals surface area contributed by atoms with Crippen molar-refractivity contribution < 1.29 is 4.39 Å². The Labute approximate surface area is 115 Å². The van der Waals surface area contributed by atoms with Crippen LogP contribution in [0.4, 0.5) is 4.39 Å². The summed E-state index contributed by atoms with van der Waals surface area (Å²) in [6.07, 6.45) is 2.27. The fourth-order valence-electron chi connectivity index (χ4n) is 3.66. The Bertz CT molecular complexity index is 409. The maximum absolute atomic E-state index is 13.7. The number of rotatable bonds is 3. The number of nitrogens with two attached hydrogens (primary N) is 1. The van der Waals surface area contributed by atoms with Crippen LogP contribution in [-0.4, -0.2) is 24.0 Å². The van der Waals surface area contributed by atoms with E-state index in [2.05, 4.69) is 25.8 Å². The van der Waals surface area contributed by atoms with Gasteiger partial charge in [-0.25, -0.2) is 4.39 Å². The lowest BCUT2D eigenvalue weighted by Crippen LogP contribution is -2.53. The van der Waals surface area contributed by atoms with Crippen molar-refractivity contribution >= 4 is 0 Å². The highest BCUT2D eigenvalue weighted by Crippen LogP contribution is 2.31. The molecule has 2 N–H and O–H groups in total. The molecule has 1 fully saturated rings. The van der Waals surface area contributed by atoms with Gasteiger partial charge in [0.05, 0.1) is 0 Å². The topological polar surface area (TPSA) is 29.3 Å². The minimum absolute atomic E-state index is 0.125. The van der Waals surface area contributed by atoms with Crippen LogP contribution >= 0.6 is 0 Å². The fraction of sp³-hybridized carbons (Fsp3) is 0.625. The average molecular weight is 264 g/mol. The predicted octanol–water partition coefficient (Wildman–Crippen LogP) is 3.02. The van der Waals surface area contributed by atoms with Crippen molar-refractivity contribution in [3.05, 3.63) is 35.6 Å². The second-order valence-electron chi connectivity index (χ2n) is 6.21. The first-order valence-corrected chi connectivity index (χ1v) is 7.18. The zero-order valence-corrected chi connectivity index (χ0v) is 12.1. The molecule has 1 aliphatic rings. The fourth-order valence-corrected chi connectivity index (χ4v) is 3.66. The number of likely N-dealkylation sites (N-methyl/N-ethyl adjacent to an activating group) is 1. The second kappa shape index (κ2) is 6.02. The number of hydrogen-bond donors (Lipinski definition) is 1. The maximum atomic E-state index is 13.7. The van der Waals surface area contributed by atoms with Gasteiger partial charge in [-0.3, -0.25) is 4.90 Å². The van der Waals surface area contributed by atoms with Crippen LogP contribution in [0.2, 0.25) is 0 Å². The molecule has 0 aliphatic heterocycles. The highest BCUT2D eigenvalue weighted by Gasteiger charge is 2.34. The standard InChI is InChI=1S/C16H25FN2/c1-11-8-12(2)16(15(18)9-11)19(3)10-13-6-4-5-7-14(13)17/h4-7,11-12,15-16H,8-10,18H2,1-3H3. The van der Waals surface area contributed by atoms with Crippen LogP contribution < -0.4 is 5.73 Å². The average Bonchev–Trinajstić information content (AvgIpc) is 2.30. The van der Waals surface area contributed by atoms with Crippen LogP contribution in [0.5, 0.6) is 0 Å². The third-order valence-corrected chi connectivity index (χ3v) is 4.36. The van der Waals surface area contributed by atoms with Crippen molar-refractivity contribution in [2.24, 2.45) is 17.6 Å². The van der Waals surface area contributed by atoms with E-state index in [9.17, 15) is 4.39 Å². The van der Waals surface area contributed by atoms with Crippen LogP contribution in [0.3, 0.4) is 0 Å². The monoisotopic (exact) mass is 264 g/mol. The molecular weight excluding hydrogens is 239 g/mol. The number of nitrogens with zero attached hydrogens (tertiary/aromatic N) is 1. The molecule has 0 saturated heterocycles. The SMILES string of the molecule is CC1CC(C)C(N(C)Cc2ccccc2F)C(N)C1. The van der Waals surface area contributed by atoms with Crippen molar-refractivity contribution in [2.45, 2.75) is 45.3 Å². The lowest BCUT2D eigenvalue weighted by molar-refractivity contribution is 0.0902. The lowest BCUT2D eigenvalue weighted by atomic mass is 9.76. The normalized spacial score (nSPS) is 31.7. The van der Waals surface area contributed by atoms with Gasteiger partial charge in [0, 0.05) is 24.2 Å². The van der Waals surface area contributed by atoms with Gasteiger partial charge in [-0.15, -0.1) is 0 Å². The van der Waals surface area contributed by atoms with E-state index in [0.29, 0.717) is 24.4 Å². The van der Waals surface area contributed by atoms with E-state index < -0.39 is 0 Å². The molecule has 1 aliphatic carbocycles. The van der Waals surface area contributed by atoms with Gasteiger partial charge in [0.2, 0.25) is 0 Å². The van der Waals surface area contributed by atoms with E-state index >= 15 is 0 Å². The molecule has 2 nitrogen and oxygen atoms in total. The van der Waals surface area contributed by atoms with E-state index in [0.717, 1.165) is 12.0 Å². The Kier molecular flexibility index (Phi) is 4.58. The third-order valence-electron chi connectivity index (χ3n) is 4.36. The molecule has 0 radical (unpaired) electrons. The first-order valence-electron chi connectivity index (χ1n) is 7.18. The summed E-state index contributed by atoms with van der Waals surface area (Å²) in [5, 5.41) is 0. The zero-order chi connectivity index (χ0) is 14.0. The molecule has 1 saturated carbocycles. The molecule has 0 spiro atoms. The lowest BCUT2D eigenvalue weighted by Gasteiger charge is -2.43. The summed E-state index contributed by atoms with van der Waals surface area (Å²) in [4.78, 5) is 2.22. The maximum Gasteiger partial charge on any atom is 0.127 e. The summed E-state index contributed by atoms with van der Waals surface area (Å²) < 4.78 is 13.7. The van der Waals surface area contributed by atoms with Gasteiger partial charge in [0.15, 0.2) is 0 Å². The van der Waals surface area contributed by atoms with Gasteiger partial charge in [0.25, 0.3) is 0 Å². The highest BCUT2D eigenvalue weighted by molar-refractivity contribution is 5.17. The molecular formula is C16H25FN2. The van der Waals surface area contributed by atoms with Crippen LogP contribution in [0.25, 0.3) is 0 Å². The van der Waals surface area contributed by atoms with Gasteiger partial charge in [-0.05, 0) is 37.8 Å². The molecule has 19 heavy (non-hydrogen) atoms. The molecule has 2 rings (SSSR count). The Balaban J connectivity index is 2.07. The number of benzene rings is 1. The van der Waals surface area contributed by atoms with E-state index in [1.807, 2.05) is 12.1 Å². The van der Waals surface area contributed by atoms with Gasteiger partial charge in [-0.1, -0.05) is 32.0 Å². The van der Waals surface area contributed by atoms with Crippen molar-refractivity contribution in [1.82, 2.24) is 4.90 Å². The first kappa shape index (κ1) is 14.5.